The average Bonchev–Trinajstić information content (AvgIpc) is 3.16. The van der Waals surface area contributed by atoms with E-state index >= 15 is 0 Å². The van der Waals surface area contributed by atoms with Crippen molar-refractivity contribution in [2.45, 2.75) is 51.6 Å². The number of amides is 2. The van der Waals surface area contributed by atoms with Crippen molar-refractivity contribution in [3.8, 4) is 0 Å². The topological polar surface area (TPSA) is 71.3 Å². The minimum absolute atomic E-state index is 0.0832. The molecule has 0 atom stereocenters. The van der Waals surface area contributed by atoms with E-state index in [1.807, 2.05) is 9.80 Å². The van der Waals surface area contributed by atoms with Crippen LogP contribution in [0.25, 0.3) is 0 Å². The molecule has 1 saturated heterocycles. The van der Waals surface area contributed by atoms with Crippen LogP contribution < -0.4 is 0 Å². The quantitative estimate of drug-likeness (QED) is 0.790. The van der Waals surface area contributed by atoms with Crippen molar-refractivity contribution in [1.82, 2.24) is 24.6 Å². The van der Waals surface area contributed by atoms with Gasteiger partial charge in [0.15, 0.2) is 5.82 Å². The Bertz CT molecular complexity index is 887. The van der Waals surface area contributed by atoms with Crippen LogP contribution in [0.3, 0.4) is 0 Å². The Morgan fingerprint density at radius 3 is 2.45 bits per heavy atom. The highest BCUT2D eigenvalue weighted by Gasteiger charge is 2.30. The van der Waals surface area contributed by atoms with Crippen molar-refractivity contribution in [2.75, 3.05) is 19.6 Å². The molecule has 0 unspecified atom stereocenters. The number of benzene rings is 1. The molecule has 29 heavy (non-hydrogen) atoms. The maximum Gasteiger partial charge on any atom is 0.223 e. The molecule has 4 rings (SSSR count). The van der Waals surface area contributed by atoms with Gasteiger partial charge in [-0.25, -0.2) is 4.39 Å². The van der Waals surface area contributed by atoms with Crippen LogP contribution in [0.1, 0.15) is 49.3 Å². The van der Waals surface area contributed by atoms with Gasteiger partial charge in [-0.3, -0.25) is 9.59 Å². The molecule has 0 saturated carbocycles. The molecule has 0 radical (unpaired) electrons. The summed E-state index contributed by atoms with van der Waals surface area (Å²) in [5.41, 5.74) is 0.958. The first-order valence-electron chi connectivity index (χ1n) is 10.2. The Kier molecular flexibility index (Phi) is 5.60. The van der Waals surface area contributed by atoms with Crippen molar-refractivity contribution in [3.05, 3.63) is 47.3 Å². The maximum atomic E-state index is 13.0. The molecule has 1 fully saturated rings. The molecule has 0 N–H and O–H groups in total. The second kappa shape index (κ2) is 8.31. The highest BCUT2D eigenvalue weighted by atomic mass is 19.1. The van der Waals surface area contributed by atoms with Crippen LogP contribution in [0.2, 0.25) is 0 Å². The molecule has 2 aromatic rings. The Labute approximate surface area is 169 Å². The van der Waals surface area contributed by atoms with Gasteiger partial charge in [0.1, 0.15) is 11.6 Å². The fourth-order valence-corrected chi connectivity index (χ4v) is 4.21. The smallest absolute Gasteiger partial charge is 0.223 e. The number of carbonyl (C=O) groups is 2. The van der Waals surface area contributed by atoms with Gasteiger partial charge in [-0.05, 0) is 37.0 Å². The van der Waals surface area contributed by atoms with E-state index in [1.54, 1.807) is 19.1 Å². The van der Waals surface area contributed by atoms with Gasteiger partial charge in [-0.1, -0.05) is 12.1 Å². The third-order valence-corrected chi connectivity index (χ3v) is 5.98. The van der Waals surface area contributed by atoms with E-state index in [1.165, 1.54) is 12.1 Å². The molecule has 1 aromatic carbocycles. The first-order valence-corrected chi connectivity index (χ1v) is 10.2. The van der Waals surface area contributed by atoms with E-state index in [4.69, 9.17) is 0 Å². The summed E-state index contributed by atoms with van der Waals surface area (Å²) < 4.78 is 15.2. The first kappa shape index (κ1) is 19.5. The molecule has 8 heteroatoms. The van der Waals surface area contributed by atoms with Gasteiger partial charge < -0.3 is 14.4 Å². The number of fused-ring (bicyclic) bond motifs is 1. The number of hydrogen-bond donors (Lipinski definition) is 0. The monoisotopic (exact) mass is 399 g/mol. The number of hydrogen-bond acceptors (Lipinski definition) is 4. The minimum Gasteiger partial charge on any atom is -0.343 e. The van der Waals surface area contributed by atoms with Crippen LogP contribution >= 0.6 is 0 Å². The van der Waals surface area contributed by atoms with E-state index in [0.29, 0.717) is 38.4 Å². The molecular weight excluding hydrogens is 373 g/mol. The Balaban J connectivity index is 1.34. The Morgan fingerprint density at radius 2 is 1.76 bits per heavy atom. The predicted molar refractivity (Wildman–Crippen MR) is 104 cm³/mol. The number of piperidine rings is 1. The summed E-state index contributed by atoms with van der Waals surface area (Å²) in [6, 6.07) is 6.29. The van der Waals surface area contributed by atoms with Gasteiger partial charge >= 0.3 is 0 Å². The normalized spacial score (nSPS) is 17.3. The fraction of sp³-hybridized carbons (Fsp3) is 0.524. The Morgan fingerprint density at radius 1 is 1.03 bits per heavy atom. The van der Waals surface area contributed by atoms with Crippen molar-refractivity contribution in [2.24, 2.45) is 0 Å². The highest BCUT2D eigenvalue weighted by molar-refractivity contribution is 5.76. The second-order valence-electron chi connectivity index (χ2n) is 7.85. The lowest BCUT2D eigenvalue weighted by atomic mass is 9.95. The zero-order chi connectivity index (χ0) is 20.4. The summed E-state index contributed by atoms with van der Waals surface area (Å²) in [5.74, 6) is 2.07. The van der Waals surface area contributed by atoms with Gasteiger partial charge in [-0.2, -0.15) is 0 Å². The molecule has 3 heterocycles. The summed E-state index contributed by atoms with van der Waals surface area (Å²) in [4.78, 5) is 27.8. The minimum atomic E-state index is -0.266. The fourth-order valence-electron chi connectivity index (χ4n) is 4.21. The molecule has 7 nitrogen and oxygen atoms in total. The summed E-state index contributed by atoms with van der Waals surface area (Å²) in [6.45, 7) is 4.95. The van der Waals surface area contributed by atoms with Crippen molar-refractivity contribution >= 4 is 11.8 Å². The number of carbonyl (C=O) groups excluding carboxylic acids is 2. The van der Waals surface area contributed by atoms with Crippen LogP contribution in [-0.2, 0) is 29.1 Å². The Hall–Kier alpha value is -2.77. The number of aromatic nitrogens is 3. The zero-order valence-corrected chi connectivity index (χ0v) is 16.7. The number of aryl methyl sites for hydroxylation is 1. The summed E-state index contributed by atoms with van der Waals surface area (Å²) in [7, 11) is 0. The highest BCUT2D eigenvalue weighted by Crippen LogP contribution is 2.28. The second-order valence-corrected chi connectivity index (χ2v) is 7.85. The van der Waals surface area contributed by atoms with Crippen molar-refractivity contribution in [1.29, 1.82) is 0 Å². The molecule has 154 valence electrons. The van der Waals surface area contributed by atoms with Gasteiger partial charge in [0, 0.05) is 45.4 Å². The van der Waals surface area contributed by atoms with Gasteiger partial charge in [0.05, 0.1) is 6.54 Å². The lowest BCUT2D eigenvalue weighted by molar-refractivity contribution is -0.132. The summed E-state index contributed by atoms with van der Waals surface area (Å²) in [6.07, 6.45) is 2.80. The number of halogens is 1. The maximum absolute atomic E-state index is 13.0. The van der Waals surface area contributed by atoms with Crippen LogP contribution in [0.4, 0.5) is 4.39 Å². The van der Waals surface area contributed by atoms with Crippen LogP contribution in [0.5, 0.6) is 0 Å². The van der Waals surface area contributed by atoms with Crippen molar-refractivity contribution in [3.63, 3.8) is 0 Å². The zero-order valence-electron chi connectivity index (χ0n) is 16.7. The SMILES string of the molecule is CC(=O)N1CCC(c2nnc3n2CCN(C(=O)CCc2ccc(F)cc2)C3)CC1. The summed E-state index contributed by atoms with van der Waals surface area (Å²) in [5, 5.41) is 8.77. The third-order valence-electron chi connectivity index (χ3n) is 5.98. The summed E-state index contributed by atoms with van der Waals surface area (Å²) >= 11 is 0. The van der Waals surface area contributed by atoms with Crippen LogP contribution in [0, 0.1) is 5.82 Å². The third kappa shape index (κ3) is 4.31. The molecule has 0 aliphatic carbocycles. The first-order chi connectivity index (χ1) is 14.0. The van der Waals surface area contributed by atoms with Crippen LogP contribution in [-0.4, -0.2) is 56.0 Å². The number of likely N-dealkylation sites (tertiary alicyclic amines) is 1. The van der Waals surface area contributed by atoms with E-state index in [9.17, 15) is 14.0 Å². The molecular formula is C21H26FN5O2. The molecule has 0 bridgehead atoms. The van der Waals surface area contributed by atoms with Crippen LogP contribution in [0.15, 0.2) is 24.3 Å². The average molecular weight is 399 g/mol. The van der Waals surface area contributed by atoms with E-state index in [0.717, 1.165) is 43.1 Å². The molecule has 2 amide bonds. The standard InChI is InChI=1S/C21H26FN5O2/c1-15(28)25-10-8-17(9-11-25)21-24-23-19-14-26(12-13-27(19)21)20(29)7-4-16-2-5-18(22)6-3-16/h2-3,5-6,17H,4,7-14H2,1H3. The van der Waals surface area contributed by atoms with Crippen molar-refractivity contribution < 1.29 is 14.0 Å². The predicted octanol–water partition coefficient (Wildman–Crippen LogP) is 2.12. The molecule has 0 spiro atoms. The molecule has 1 aromatic heterocycles. The lowest BCUT2D eigenvalue weighted by Gasteiger charge is -2.32. The van der Waals surface area contributed by atoms with E-state index in [2.05, 4.69) is 14.8 Å². The van der Waals surface area contributed by atoms with Gasteiger partial charge in [0.25, 0.3) is 0 Å². The van der Waals surface area contributed by atoms with E-state index in [-0.39, 0.29) is 17.6 Å². The number of nitrogens with zero attached hydrogens (tertiary/aromatic N) is 5. The van der Waals surface area contributed by atoms with Gasteiger partial charge in [-0.15, -0.1) is 10.2 Å². The lowest BCUT2D eigenvalue weighted by Crippen LogP contribution is -2.40. The largest absolute Gasteiger partial charge is 0.343 e. The van der Waals surface area contributed by atoms with E-state index < -0.39 is 0 Å². The molecule has 2 aliphatic rings. The molecule has 2 aliphatic heterocycles. The van der Waals surface area contributed by atoms with Gasteiger partial charge in [0.2, 0.25) is 11.8 Å². The number of rotatable bonds is 4.